The van der Waals surface area contributed by atoms with Gasteiger partial charge >= 0.3 is 0 Å². The van der Waals surface area contributed by atoms with Crippen LogP contribution in [0.15, 0.2) is 24.3 Å². The maximum atomic E-state index is 3.91. The Balaban J connectivity index is 1.99. The smallest absolute Gasteiger partial charge is 0.243 e. The zero-order chi connectivity index (χ0) is 11.4. The number of aromatic nitrogens is 4. The van der Waals surface area contributed by atoms with Crippen LogP contribution >= 0.6 is 0 Å². The molecule has 0 aliphatic heterocycles. The van der Waals surface area contributed by atoms with Crippen LogP contribution in [0.1, 0.15) is 18.1 Å². The van der Waals surface area contributed by atoms with Crippen molar-refractivity contribution in [3.05, 3.63) is 35.4 Å². The first-order valence-corrected chi connectivity index (χ1v) is 5.35. The molecule has 2 aromatic rings. The Labute approximate surface area is 94.5 Å². The first kappa shape index (κ1) is 10.6. The van der Waals surface area contributed by atoms with Crippen LogP contribution in [0.3, 0.4) is 0 Å². The minimum absolute atomic E-state index is 0.711. The lowest BCUT2D eigenvalue weighted by Crippen LogP contribution is -2.07. The average Bonchev–Trinajstić information content (AvgIpc) is 2.76. The maximum Gasteiger partial charge on any atom is 0.243 e. The number of benzene rings is 1. The van der Waals surface area contributed by atoms with E-state index in [-0.39, 0.29) is 0 Å². The molecule has 1 aromatic carbocycles. The third-order valence-corrected chi connectivity index (χ3v) is 2.40. The Morgan fingerprint density at radius 3 is 2.69 bits per heavy atom. The number of anilines is 1. The van der Waals surface area contributed by atoms with E-state index in [1.54, 1.807) is 4.68 Å². The summed E-state index contributed by atoms with van der Waals surface area (Å²) in [5.74, 6) is 0.711. The van der Waals surface area contributed by atoms with Gasteiger partial charge < -0.3 is 5.32 Å². The van der Waals surface area contributed by atoms with Crippen LogP contribution in [0, 0.1) is 6.92 Å². The standard InChI is InChI=1S/C11H15N5/c1-3-16-11(13-14-15-16)12-8-10-6-4-9(2)5-7-10/h4-7H,3,8H2,1-2H3,(H,12,13,15). The topological polar surface area (TPSA) is 55.6 Å². The second kappa shape index (κ2) is 4.74. The molecule has 0 aliphatic rings. The Hall–Kier alpha value is -1.91. The summed E-state index contributed by atoms with van der Waals surface area (Å²) < 4.78 is 1.73. The molecule has 0 bridgehead atoms. The Bertz CT molecular complexity index is 446. The predicted octanol–water partition coefficient (Wildman–Crippen LogP) is 1.61. The van der Waals surface area contributed by atoms with E-state index in [4.69, 9.17) is 0 Å². The molecular formula is C11H15N5. The van der Waals surface area contributed by atoms with Crippen LogP contribution in [-0.4, -0.2) is 20.2 Å². The van der Waals surface area contributed by atoms with Crippen LogP contribution in [0.4, 0.5) is 5.95 Å². The molecule has 2 rings (SSSR count). The number of tetrazole rings is 1. The van der Waals surface area contributed by atoms with Gasteiger partial charge in [-0.2, -0.15) is 0 Å². The van der Waals surface area contributed by atoms with E-state index < -0.39 is 0 Å². The zero-order valence-electron chi connectivity index (χ0n) is 9.51. The van der Waals surface area contributed by atoms with Crippen LogP contribution in [0.5, 0.6) is 0 Å². The van der Waals surface area contributed by atoms with Crippen molar-refractivity contribution in [1.82, 2.24) is 20.2 Å². The summed E-state index contributed by atoms with van der Waals surface area (Å²) in [5.41, 5.74) is 2.48. The Morgan fingerprint density at radius 1 is 1.25 bits per heavy atom. The van der Waals surface area contributed by atoms with Crippen molar-refractivity contribution in [2.45, 2.75) is 26.9 Å². The molecule has 0 radical (unpaired) electrons. The average molecular weight is 217 g/mol. The molecule has 0 atom stereocenters. The molecule has 5 heteroatoms. The third-order valence-electron chi connectivity index (χ3n) is 2.40. The predicted molar refractivity (Wildman–Crippen MR) is 62.0 cm³/mol. The van der Waals surface area contributed by atoms with Crippen LogP contribution in [-0.2, 0) is 13.1 Å². The third kappa shape index (κ3) is 2.36. The van der Waals surface area contributed by atoms with Gasteiger partial charge in [0.15, 0.2) is 0 Å². The minimum Gasteiger partial charge on any atom is -0.349 e. The molecule has 0 fully saturated rings. The molecule has 1 heterocycles. The quantitative estimate of drug-likeness (QED) is 0.845. The molecule has 0 amide bonds. The first-order chi connectivity index (χ1) is 7.79. The second-order valence-electron chi connectivity index (χ2n) is 3.66. The lowest BCUT2D eigenvalue weighted by molar-refractivity contribution is 0.629. The lowest BCUT2D eigenvalue weighted by Gasteiger charge is -2.05. The molecule has 5 nitrogen and oxygen atoms in total. The summed E-state index contributed by atoms with van der Waals surface area (Å²) in [6.07, 6.45) is 0. The van der Waals surface area contributed by atoms with Crippen LogP contribution < -0.4 is 5.32 Å². The molecule has 0 unspecified atom stereocenters. The summed E-state index contributed by atoms with van der Waals surface area (Å²) in [5, 5.41) is 14.6. The van der Waals surface area contributed by atoms with Gasteiger partial charge in [-0.25, -0.2) is 4.68 Å². The molecule has 0 aliphatic carbocycles. The summed E-state index contributed by atoms with van der Waals surface area (Å²) in [4.78, 5) is 0. The Kier molecular flexibility index (Phi) is 3.14. The van der Waals surface area contributed by atoms with Crippen molar-refractivity contribution in [2.24, 2.45) is 0 Å². The number of nitrogens with one attached hydrogen (secondary N) is 1. The van der Waals surface area contributed by atoms with Crippen molar-refractivity contribution in [2.75, 3.05) is 5.32 Å². The van der Waals surface area contributed by atoms with Crippen molar-refractivity contribution in [1.29, 1.82) is 0 Å². The van der Waals surface area contributed by atoms with Gasteiger partial charge in [0.2, 0.25) is 5.95 Å². The molecule has 16 heavy (non-hydrogen) atoms. The van der Waals surface area contributed by atoms with Crippen molar-refractivity contribution >= 4 is 5.95 Å². The highest BCUT2D eigenvalue weighted by atomic mass is 15.6. The zero-order valence-corrected chi connectivity index (χ0v) is 9.51. The summed E-state index contributed by atoms with van der Waals surface area (Å²) >= 11 is 0. The van der Waals surface area contributed by atoms with Crippen LogP contribution in [0.2, 0.25) is 0 Å². The van der Waals surface area contributed by atoms with E-state index >= 15 is 0 Å². The van der Waals surface area contributed by atoms with E-state index in [0.29, 0.717) is 5.95 Å². The summed E-state index contributed by atoms with van der Waals surface area (Å²) in [6, 6.07) is 8.39. The van der Waals surface area contributed by atoms with Gasteiger partial charge in [-0.15, -0.1) is 0 Å². The summed E-state index contributed by atoms with van der Waals surface area (Å²) in [7, 11) is 0. The number of rotatable bonds is 4. The Morgan fingerprint density at radius 2 is 2.00 bits per heavy atom. The van der Waals surface area contributed by atoms with Gasteiger partial charge in [-0.3, -0.25) is 0 Å². The highest BCUT2D eigenvalue weighted by Crippen LogP contribution is 2.06. The van der Waals surface area contributed by atoms with E-state index in [9.17, 15) is 0 Å². The highest BCUT2D eigenvalue weighted by molar-refractivity contribution is 5.27. The SMILES string of the molecule is CCn1nnnc1NCc1ccc(C)cc1. The number of nitrogens with zero attached hydrogens (tertiary/aromatic N) is 4. The van der Waals surface area contributed by atoms with E-state index in [2.05, 4.69) is 52.0 Å². The maximum absolute atomic E-state index is 3.91. The van der Waals surface area contributed by atoms with E-state index in [1.165, 1.54) is 11.1 Å². The number of hydrogen-bond donors (Lipinski definition) is 1. The number of aryl methyl sites for hydroxylation is 2. The fourth-order valence-electron chi connectivity index (χ4n) is 1.43. The highest BCUT2D eigenvalue weighted by Gasteiger charge is 2.02. The van der Waals surface area contributed by atoms with Gasteiger partial charge in [-0.05, 0) is 29.8 Å². The van der Waals surface area contributed by atoms with Gasteiger partial charge in [0.05, 0.1) is 0 Å². The van der Waals surface area contributed by atoms with Crippen molar-refractivity contribution in [3.63, 3.8) is 0 Å². The molecule has 84 valence electrons. The van der Waals surface area contributed by atoms with E-state index in [0.717, 1.165) is 13.1 Å². The van der Waals surface area contributed by atoms with Crippen molar-refractivity contribution < 1.29 is 0 Å². The van der Waals surface area contributed by atoms with Gasteiger partial charge in [-0.1, -0.05) is 34.9 Å². The fraction of sp³-hybridized carbons (Fsp3) is 0.364. The molecule has 1 N–H and O–H groups in total. The van der Waals surface area contributed by atoms with Gasteiger partial charge in [0.25, 0.3) is 0 Å². The molecule has 1 aromatic heterocycles. The number of hydrogen-bond acceptors (Lipinski definition) is 4. The second-order valence-corrected chi connectivity index (χ2v) is 3.66. The largest absolute Gasteiger partial charge is 0.349 e. The minimum atomic E-state index is 0.711. The van der Waals surface area contributed by atoms with E-state index in [1.807, 2.05) is 6.92 Å². The van der Waals surface area contributed by atoms with Crippen LogP contribution in [0.25, 0.3) is 0 Å². The monoisotopic (exact) mass is 217 g/mol. The normalized spacial score (nSPS) is 10.4. The van der Waals surface area contributed by atoms with Gasteiger partial charge in [0.1, 0.15) is 0 Å². The van der Waals surface area contributed by atoms with Crippen molar-refractivity contribution in [3.8, 4) is 0 Å². The molecule has 0 saturated heterocycles. The first-order valence-electron chi connectivity index (χ1n) is 5.35. The summed E-state index contributed by atoms with van der Waals surface area (Å²) in [6.45, 7) is 5.59. The lowest BCUT2D eigenvalue weighted by atomic mass is 10.1. The molecular weight excluding hydrogens is 202 g/mol. The fourth-order valence-corrected chi connectivity index (χ4v) is 1.43. The molecule has 0 spiro atoms. The molecule has 0 saturated carbocycles. The van der Waals surface area contributed by atoms with Gasteiger partial charge in [0, 0.05) is 13.1 Å².